The smallest absolute Gasteiger partial charge is 0.254 e. The zero-order valence-electron chi connectivity index (χ0n) is 14.2. The van der Waals surface area contributed by atoms with E-state index in [-0.39, 0.29) is 5.91 Å². The summed E-state index contributed by atoms with van der Waals surface area (Å²) in [7, 11) is 1.75. The molecule has 2 aromatic carbocycles. The first-order chi connectivity index (χ1) is 11.6. The van der Waals surface area contributed by atoms with Crippen LogP contribution in [0.4, 0.5) is 0 Å². The van der Waals surface area contributed by atoms with Crippen LogP contribution in [0.2, 0.25) is 5.02 Å². The van der Waals surface area contributed by atoms with Gasteiger partial charge in [-0.25, -0.2) is 0 Å². The predicted molar refractivity (Wildman–Crippen MR) is 96.0 cm³/mol. The van der Waals surface area contributed by atoms with Crippen LogP contribution >= 0.6 is 11.6 Å². The van der Waals surface area contributed by atoms with E-state index in [2.05, 4.69) is 0 Å². The molecule has 128 valence electrons. The molecule has 0 heterocycles. The second kappa shape index (κ2) is 8.60. The van der Waals surface area contributed by atoms with Crippen molar-refractivity contribution < 1.29 is 14.3 Å². The molecule has 1 amide bonds. The molecule has 0 bridgehead atoms. The van der Waals surface area contributed by atoms with Crippen LogP contribution in [-0.4, -0.2) is 31.1 Å². The Morgan fingerprint density at radius 3 is 2.38 bits per heavy atom. The maximum Gasteiger partial charge on any atom is 0.254 e. The van der Waals surface area contributed by atoms with Crippen LogP contribution in [0.25, 0.3) is 0 Å². The number of rotatable bonds is 7. The van der Waals surface area contributed by atoms with Gasteiger partial charge in [0.1, 0.15) is 0 Å². The molecule has 0 unspecified atom stereocenters. The van der Waals surface area contributed by atoms with Gasteiger partial charge in [0.25, 0.3) is 5.91 Å². The minimum Gasteiger partial charge on any atom is -0.490 e. The third kappa shape index (κ3) is 4.42. The molecule has 0 aliphatic carbocycles. The van der Waals surface area contributed by atoms with E-state index in [1.807, 2.05) is 38.1 Å². The van der Waals surface area contributed by atoms with E-state index in [0.29, 0.717) is 41.8 Å². The fourth-order valence-electron chi connectivity index (χ4n) is 2.36. The minimum absolute atomic E-state index is 0.0982. The number of hydrogen-bond donors (Lipinski definition) is 0. The molecule has 2 aromatic rings. The van der Waals surface area contributed by atoms with Crippen molar-refractivity contribution in [1.82, 2.24) is 4.90 Å². The van der Waals surface area contributed by atoms with E-state index < -0.39 is 0 Å². The Hall–Kier alpha value is -2.20. The summed E-state index contributed by atoms with van der Waals surface area (Å²) in [4.78, 5) is 14.3. The van der Waals surface area contributed by atoms with Crippen LogP contribution in [-0.2, 0) is 6.54 Å². The summed E-state index contributed by atoms with van der Waals surface area (Å²) in [5.41, 5.74) is 1.46. The van der Waals surface area contributed by atoms with Gasteiger partial charge in [-0.3, -0.25) is 4.79 Å². The molecular weight excluding hydrogens is 326 g/mol. The summed E-state index contributed by atoms with van der Waals surface area (Å²) in [6.07, 6.45) is 0. The molecular formula is C19H22ClNO3. The molecule has 0 aliphatic rings. The van der Waals surface area contributed by atoms with E-state index in [0.717, 1.165) is 5.56 Å². The van der Waals surface area contributed by atoms with Gasteiger partial charge in [0, 0.05) is 24.2 Å². The van der Waals surface area contributed by atoms with Gasteiger partial charge in [-0.2, -0.15) is 0 Å². The highest BCUT2D eigenvalue weighted by molar-refractivity contribution is 6.31. The Morgan fingerprint density at radius 2 is 1.71 bits per heavy atom. The lowest BCUT2D eigenvalue weighted by molar-refractivity contribution is 0.0784. The third-order valence-electron chi connectivity index (χ3n) is 3.50. The van der Waals surface area contributed by atoms with Crippen LogP contribution in [0.1, 0.15) is 29.8 Å². The highest BCUT2D eigenvalue weighted by Gasteiger charge is 2.16. The Labute approximate surface area is 147 Å². The summed E-state index contributed by atoms with van der Waals surface area (Å²) in [6.45, 7) is 5.29. The Kier molecular flexibility index (Phi) is 6.50. The van der Waals surface area contributed by atoms with Crippen molar-refractivity contribution >= 4 is 17.5 Å². The number of carbonyl (C=O) groups excluding carboxylic acids is 1. The topological polar surface area (TPSA) is 38.8 Å². The third-order valence-corrected chi connectivity index (χ3v) is 3.87. The molecule has 2 rings (SSSR count). The van der Waals surface area contributed by atoms with E-state index in [9.17, 15) is 4.79 Å². The maximum absolute atomic E-state index is 12.7. The largest absolute Gasteiger partial charge is 0.490 e. The highest BCUT2D eigenvalue weighted by atomic mass is 35.5. The second-order valence-electron chi connectivity index (χ2n) is 5.28. The number of hydrogen-bond acceptors (Lipinski definition) is 3. The molecule has 0 saturated carbocycles. The fourth-order valence-corrected chi connectivity index (χ4v) is 2.55. The molecule has 0 aromatic heterocycles. The maximum atomic E-state index is 12.7. The molecule has 0 radical (unpaired) electrons. The van der Waals surface area contributed by atoms with Crippen LogP contribution in [0.3, 0.4) is 0 Å². The minimum atomic E-state index is -0.0982. The van der Waals surface area contributed by atoms with Crippen LogP contribution in [0, 0.1) is 0 Å². The van der Waals surface area contributed by atoms with Gasteiger partial charge in [-0.15, -0.1) is 0 Å². The zero-order valence-corrected chi connectivity index (χ0v) is 15.0. The van der Waals surface area contributed by atoms with E-state index in [1.54, 1.807) is 30.1 Å². The normalized spacial score (nSPS) is 10.3. The number of carbonyl (C=O) groups is 1. The van der Waals surface area contributed by atoms with Gasteiger partial charge in [0.2, 0.25) is 0 Å². The molecule has 0 N–H and O–H groups in total. The molecule has 0 fully saturated rings. The number of amides is 1. The lowest BCUT2D eigenvalue weighted by Crippen LogP contribution is -2.26. The van der Waals surface area contributed by atoms with Crippen molar-refractivity contribution in [2.45, 2.75) is 20.4 Å². The van der Waals surface area contributed by atoms with Crippen molar-refractivity contribution in [2.75, 3.05) is 20.3 Å². The van der Waals surface area contributed by atoms with E-state index >= 15 is 0 Å². The van der Waals surface area contributed by atoms with Crippen molar-refractivity contribution in [3.8, 4) is 11.5 Å². The first-order valence-electron chi connectivity index (χ1n) is 7.95. The summed E-state index contributed by atoms with van der Waals surface area (Å²) >= 11 is 6.17. The fraction of sp³-hybridized carbons (Fsp3) is 0.316. The average Bonchev–Trinajstić information content (AvgIpc) is 2.58. The summed E-state index contributed by atoms with van der Waals surface area (Å²) in [6, 6.07) is 12.7. The average molecular weight is 348 g/mol. The number of benzene rings is 2. The first-order valence-corrected chi connectivity index (χ1v) is 8.33. The number of nitrogens with zero attached hydrogens (tertiary/aromatic N) is 1. The Morgan fingerprint density at radius 1 is 1.04 bits per heavy atom. The molecule has 0 saturated heterocycles. The summed E-state index contributed by atoms with van der Waals surface area (Å²) < 4.78 is 11.1. The highest BCUT2D eigenvalue weighted by Crippen LogP contribution is 2.29. The Balaban J connectivity index is 2.19. The van der Waals surface area contributed by atoms with Gasteiger partial charge in [-0.1, -0.05) is 29.8 Å². The lowest BCUT2D eigenvalue weighted by atomic mass is 10.1. The van der Waals surface area contributed by atoms with Gasteiger partial charge in [0.05, 0.1) is 13.2 Å². The van der Waals surface area contributed by atoms with E-state index in [4.69, 9.17) is 21.1 Å². The van der Waals surface area contributed by atoms with Crippen LogP contribution in [0.15, 0.2) is 42.5 Å². The standard InChI is InChI=1S/C19H22ClNO3/c1-4-23-17-11-10-14(12-18(17)24-5-2)19(22)21(3)13-15-8-6-7-9-16(15)20/h6-12H,4-5,13H2,1-3H3. The van der Waals surface area contributed by atoms with Crippen molar-refractivity contribution in [1.29, 1.82) is 0 Å². The van der Waals surface area contributed by atoms with Gasteiger partial charge in [0.15, 0.2) is 11.5 Å². The van der Waals surface area contributed by atoms with Crippen LogP contribution < -0.4 is 9.47 Å². The Bertz CT molecular complexity index is 703. The molecule has 0 spiro atoms. The van der Waals surface area contributed by atoms with Crippen LogP contribution in [0.5, 0.6) is 11.5 Å². The monoisotopic (exact) mass is 347 g/mol. The predicted octanol–water partition coefficient (Wildman–Crippen LogP) is 4.41. The molecule has 24 heavy (non-hydrogen) atoms. The molecule has 0 aliphatic heterocycles. The SMILES string of the molecule is CCOc1ccc(C(=O)N(C)Cc2ccccc2Cl)cc1OCC. The molecule has 5 heteroatoms. The van der Waals surface area contributed by atoms with Gasteiger partial charge >= 0.3 is 0 Å². The number of halogens is 1. The molecule has 0 atom stereocenters. The molecule has 4 nitrogen and oxygen atoms in total. The van der Waals surface area contributed by atoms with Crippen molar-refractivity contribution in [3.63, 3.8) is 0 Å². The first kappa shape index (κ1) is 18.1. The van der Waals surface area contributed by atoms with Crippen molar-refractivity contribution in [3.05, 3.63) is 58.6 Å². The quantitative estimate of drug-likeness (QED) is 0.744. The summed E-state index contributed by atoms with van der Waals surface area (Å²) in [5.74, 6) is 1.12. The lowest BCUT2D eigenvalue weighted by Gasteiger charge is -2.19. The second-order valence-corrected chi connectivity index (χ2v) is 5.69. The van der Waals surface area contributed by atoms with Gasteiger partial charge < -0.3 is 14.4 Å². The number of ether oxygens (including phenoxy) is 2. The van der Waals surface area contributed by atoms with E-state index in [1.165, 1.54) is 0 Å². The van der Waals surface area contributed by atoms with Gasteiger partial charge in [-0.05, 0) is 43.7 Å². The van der Waals surface area contributed by atoms with Crippen molar-refractivity contribution in [2.24, 2.45) is 0 Å². The summed E-state index contributed by atoms with van der Waals surface area (Å²) in [5, 5.41) is 0.652. The zero-order chi connectivity index (χ0) is 17.5.